The lowest BCUT2D eigenvalue weighted by Crippen LogP contribution is -2.56. The maximum atomic E-state index is 11.1. The molecule has 0 aromatic heterocycles. The van der Waals surface area contributed by atoms with Gasteiger partial charge in [0.2, 0.25) is 0 Å². The highest BCUT2D eigenvalue weighted by atomic mass is 16.6. The van der Waals surface area contributed by atoms with Crippen LogP contribution in [0.15, 0.2) is 0 Å². The number of carbonyl (C=O) groups excluding carboxylic acids is 3. The molecule has 0 aromatic carbocycles. The molecule has 1 aliphatic heterocycles. The molecule has 0 saturated carbocycles. The minimum atomic E-state index is -0.867. The summed E-state index contributed by atoms with van der Waals surface area (Å²) in [5, 5.41) is 0. The van der Waals surface area contributed by atoms with Gasteiger partial charge in [-0.3, -0.25) is 14.4 Å². The third-order valence-corrected chi connectivity index (χ3v) is 2.60. The topological polar surface area (TPSA) is 88.1 Å². The van der Waals surface area contributed by atoms with E-state index in [-0.39, 0.29) is 6.61 Å². The third-order valence-electron chi connectivity index (χ3n) is 2.60. The summed E-state index contributed by atoms with van der Waals surface area (Å²) in [6.45, 7) is 5.48. The first-order valence-corrected chi connectivity index (χ1v) is 5.94. The average Bonchev–Trinajstić information content (AvgIpc) is 2.25. The van der Waals surface area contributed by atoms with Crippen molar-refractivity contribution in [2.24, 2.45) is 0 Å². The van der Waals surface area contributed by atoms with Crippen LogP contribution in [0.3, 0.4) is 0 Å². The molecule has 0 radical (unpaired) electrons. The van der Waals surface area contributed by atoms with E-state index in [1.807, 2.05) is 0 Å². The van der Waals surface area contributed by atoms with Crippen LogP contribution >= 0.6 is 0 Å². The predicted octanol–water partition coefficient (Wildman–Crippen LogP) is 0.200. The van der Waals surface area contributed by atoms with E-state index in [0.29, 0.717) is 0 Å². The first-order chi connectivity index (χ1) is 8.81. The first kappa shape index (κ1) is 15.4. The zero-order valence-electron chi connectivity index (χ0n) is 11.4. The van der Waals surface area contributed by atoms with Crippen molar-refractivity contribution in [3.8, 4) is 0 Å². The van der Waals surface area contributed by atoms with Crippen molar-refractivity contribution in [3.63, 3.8) is 0 Å². The summed E-state index contributed by atoms with van der Waals surface area (Å²) in [5.41, 5.74) is 0. The van der Waals surface area contributed by atoms with Gasteiger partial charge in [-0.1, -0.05) is 0 Å². The first-order valence-electron chi connectivity index (χ1n) is 5.94. The summed E-state index contributed by atoms with van der Waals surface area (Å²) >= 11 is 0. The minimum absolute atomic E-state index is 0.0798. The fraction of sp³-hybridized carbons (Fsp3) is 0.750. The lowest BCUT2D eigenvalue weighted by atomic mass is 10.0. The van der Waals surface area contributed by atoms with Crippen LogP contribution in [0, 0.1) is 0 Å². The van der Waals surface area contributed by atoms with E-state index in [2.05, 4.69) is 0 Å². The van der Waals surface area contributed by atoms with Crippen LogP contribution < -0.4 is 0 Å². The highest BCUT2D eigenvalue weighted by Gasteiger charge is 2.44. The molecule has 19 heavy (non-hydrogen) atoms. The van der Waals surface area contributed by atoms with Crippen LogP contribution in [0.4, 0.5) is 0 Å². The lowest BCUT2D eigenvalue weighted by molar-refractivity contribution is -0.222. The van der Waals surface area contributed by atoms with Crippen molar-refractivity contribution in [2.75, 3.05) is 6.61 Å². The highest BCUT2D eigenvalue weighted by Crippen LogP contribution is 2.24. The lowest BCUT2D eigenvalue weighted by Gasteiger charge is -2.39. The largest absolute Gasteiger partial charge is 0.456 e. The van der Waals surface area contributed by atoms with Crippen LogP contribution in [-0.4, -0.2) is 48.9 Å². The van der Waals surface area contributed by atoms with Crippen LogP contribution in [0.2, 0.25) is 0 Å². The Labute approximate surface area is 111 Å². The number of hydrogen-bond acceptors (Lipinski definition) is 7. The van der Waals surface area contributed by atoms with Gasteiger partial charge in [-0.05, 0) is 6.92 Å². The van der Waals surface area contributed by atoms with E-state index < -0.39 is 42.3 Å². The Kier molecular flexibility index (Phi) is 5.29. The molecule has 0 aromatic rings. The smallest absolute Gasteiger partial charge is 0.303 e. The number of hydrogen-bond donors (Lipinski definition) is 0. The minimum Gasteiger partial charge on any atom is -0.456 e. The molecule has 0 unspecified atom stereocenters. The molecular weight excluding hydrogens is 256 g/mol. The number of ether oxygens (including phenoxy) is 4. The van der Waals surface area contributed by atoms with Gasteiger partial charge in [0.05, 0.1) is 12.7 Å². The zero-order valence-corrected chi connectivity index (χ0v) is 11.4. The maximum Gasteiger partial charge on any atom is 0.303 e. The Morgan fingerprint density at radius 1 is 0.895 bits per heavy atom. The molecule has 1 rings (SSSR count). The van der Waals surface area contributed by atoms with E-state index in [1.54, 1.807) is 6.92 Å². The van der Waals surface area contributed by atoms with E-state index in [0.717, 1.165) is 0 Å². The van der Waals surface area contributed by atoms with Crippen molar-refractivity contribution in [1.29, 1.82) is 0 Å². The normalized spacial score (nSPS) is 30.3. The second-order valence-corrected chi connectivity index (χ2v) is 4.33. The quantitative estimate of drug-likeness (QED) is 0.536. The molecule has 0 amide bonds. The van der Waals surface area contributed by atoms with E-state index >= 15 is 0 Å². The summed E-state index contributed by atoms with van der Waals surface area (Å²) < 4.78 is 20.6. The molecule has 7 nitrogen and oxygen atoms in total. The Morgan fingerprint density at radius 3 is 1.84 bits per heavy atom. The van der Waals surface area contributed by atoms with E-state index in [1.165, 1.54) is 20.8 Å². The van der Waals surface area contributed by atoms with Crippen LogP contribution in [0.25, 0.3) is 0 Å². The van der Waals surface area contributed by atoms with Crippen LogP contribution in [0.5, 0.6) is 0 Å². The van der Waals surface area contributed by atoms with Crippen LogP contribution in [0.1, 0.15) is 27.7 Å². The van der Waals surface area contributed by atoms with E-state index in [4.69, 9.17) is 18.9 Å². The summed E-state index contributed by atoms with van der Waals surface area (Å²) in [6, 6.07) is 0. The molecule has 0 N–H and O–H groups in total. The molecule has 0 aliphatic carbocycles. The van der Waals surface area contributed by atoms with Gasteiger partial charge in [0.25, 0.3) is 0 Å². The monoisotopic (exact) mass is 274 g/mol. The average molecular weight is 274 g/mol. The second-order valence-electron chi connectivity index (χ2n) is 4.33. The summed E-state index contributed by atoms with van der Waals surface area (Å²) in [7, 11) is 0. The Morgan fingerprint density at radius 2 is 1.37 bits per heavy atom. The molecule has 0 bridgehead atoms. The van der Waals surface area contributed by atoms with Gasteiger partial charge in [-0.15, -0.1) is 0 Å². The van der Waals surface area contributed by atoms with Gasteiger partial charge in [-0.25, -0.2) is 0 Å². The fourth-order valence-electron chi connectivity index (χ4n) is 1.92. The number of esters is 3. The second kappa shape index (κ2) is 6.51. The van der Waals surface area contributed by atoms with Gasteiger partial charge in [0.1, 0.15) is 0 Å². The SMILES string of the molecule is CC(=O)O[C@H]1[C@H](OC(C)=O)[C@H](OC(C)=O)CO[C@H]1C. The van der Waals surface area contributed by atoms with Crippen molar-refractivity contribution in [2.45, 2.75) is 52.1 Å². The molecule has 7 heteroatoms. The zero-order chi connectivity index (χ0) is 14.6. The van der Waals surface area contributed by atoms with Crippen molar-refractivity contribution in [1.82, 2.24) is 0 Å². The predicted molar refractivity (Wildman–Crippen MR) is 62.1 cm³/mol. The summed E-state index contributed by atoms with van der Waals surface area (Å²) in [5.74, 6) is -1.60. The van der Waals surface area contributed by atoms with Crippen LogP contribution in [-0.2, 0) is 33.3 Å². The molecular formula is C12H18O7. The summed E-state index contributed by atoms with van der Waals surface area (Å²) in [6.07, 6.45) is -2.92. The molecule has 1 fully saturated rings. The molecule has 108 valence electrons. The van der Waals surface area contributed by atoms with Crippen molar-refractivity contribution >= 4 is 17.9 Å². The van der Waals surface area contributed by atoms with Crippen molar-refractivity contribution < 1.29 is 33.3 Å². The van der Waals surface area contributed by atoms with Gasteiger partial charge in [0, 0.05) is 20.8 Å². The molecule has 1 aliphatic rings. The van der Waals surface area contributed by atoms with Gasteiger partial charge in [0.15, 0.2) is 18.3 Å². The fourth-order valence-corrected chi connectivity index (χ4v) is 1.92. The van der Waals surface area contributed by atoms with Crippen molar-refractivity contribution in [3.05, 3.63) is 0 Å². The van der Waals surface area contributed by atoms with E-state index in [9.17, 15) is 14.4 Å². The molecule has 1 saturated heterocycles. The number of carbonyl (C=O) groups is 3. The third kappa shape index (κ3) is 4.51. The number of rotatable bonds is 3. The Hall–Kier alpha value is -1.63. The van der Waals surface area contributed by atoms with Gasteiger partial charge >= 0.3 is 17.9 Å². The molecule has 1 heterocycles. The highest BCUT2D eigenvalue weighted by molar-refractivity contribution is 5.68. The molecule has 0 spiro atoms. The standard InChI is InChI=1S/C12H18O7/c1-6-11(18-8(3)14)12(19-9(4)15)10(5-16-6)17-7(2)13/h6,10-12H,5H2,1-4H3/t6-,10+,11+,12+/m0/s1. The Bertz CT molecular complexity index is 365. The molecule has 4 atom stereocenters. The Balaban J connectivity index is 2.89. The van der Waals surface area contributed by atoms with Gasteiger partial charge in [-0.2, -0.15) is 0 Å². The maximum absolute atomic E-state index is 11.1. The van der Waals surface area contributed by atoms with Gasteiger partial charge < -0.3 is 18.9 Å². The summed E-state index contributed by atoms with van der Waals surface area (Å²) in [4.78, 5) is 33.3.